The zero-order valence-electron chi connectivity index (χ0n) is 5.79. The number of carboxylic acids is 1. The fraction of sp³-hybridized carbons (Fsp3) is 0.571. The number of allylic oxidation sites excluding steroid dienone is 2. The average Bonchev–Trinajstić information content (AvgIpc) is 1.63. The van der Waals surface area contributed by atoms with E-state index >= 15 is 0 Å². The van der Waals surface area contributed by atoms with Crippen LogP contribution in [0.4, 0.5) is 0 Å². The third kappa shape index (κ3) is 5.07. The Labute approximate surface area is 55.2 Å². The molecule has 0 fully saturated rings. The first kappa shape index (κ1) is 8.21. The van der Waals surface area contributed by atoms with Gasteiger partial charge in [-0.15, -0.1) is 0 Å². The summed E-state index contributed by atoms with van der Waals surface area (Å²) < 4.78 is 0. The summed E-state index contributed by atoms with van der Waals surface area (Å²) in [6.45, 7) is 3.77. The van der Waals surface area contributed by atoms with Crippen LogP contribution in [0.25, 0.3) is 0 Å². The van der Waals surface area contributed by atoms with Gasteiger partial charge in [-0.2, -0.15) is 0 Å². The van der Waals surface area contributed by atoms with Gasteiger partial charge < -0.3 is 5.11 Å². The highest BCUT2D eigenvalue weighted by molar-refractivity contribution is 5.67. The van der Waals surface area contributed by atoms with Crippen LogP contribution in [0.5, 0.6) is 0 Å². The second kappa shape index (κ2) is 4.13. The number of carbonyl (C=O) groups is 1. The van der Waals surface area contributed by atoms with Gasteiger partial charge in [0.25, 0.3) is 0 Å². The summed E-state index contributed by atoms with van der Waals surface area (Å²) >= 11 is 0. The van der Waals surface area contributed by atoms with Crippen LogP contribution in [-0.4, -0.2) is 11.1 Å². The molecule has 0 rings (SSSR count). The van der Waals surface area contributed by atoms with E-state index < -0.39 is 5.97 Å². The Bertz CT molecular complexity index is 116. The van der Waals surface area contributed by atoms with Crippen molar-refractivity contribution in [2.45, 2.75) is 20.3 Å². The van der Waals surface area contributed by atoms with Gasteiger partial charge in [-0.25, -0.2) is 0 Å². The molecular formula is C7H12O2. The van der Waals surface area contributed by atoms with E-state index in [0.29, 0.717) is 0 Å². The van der Waals surface area contributed by atoms with E-state index in [-0.39, 0.29) is 12.3 Å². The molecule has 2 heteroatoms. The number of hydrogen-bond donors (Lipinski definition) is 1. The molecule has 0 spiro atoms. The van der Waals surface area contributed by atoms with E-state index in [1.165, 1.54) is 0 Å². The summed E-state index contributed by atoms with van der Waals surface area (Å²) in [5.41, 5.74) is 0. The fourth-order valence-corrected chi connectivity index (χ4v) is 0.672. The van der Waals surface area contributed by atoms with Gasteiger partial charge in [0.15, 0.2) is 0 Å². The Hall–Kier alpha value is -0.790. The molecule has 1 atom stereocenters. The Balaban J connectivity index is 3.50. The predicted octanol–water partition coefficient (Wildman–Crippen LogP) is 1.67. The molecule has 0 aromatic carbocycles. The summed E-state index contributed by atoms with van der Waals surface area (Å²) in [7, 11) is 0. The van der Waals surface area contributed by atoms with Crippen molar-refractivity contribution in [3.05, 3.63) is 12.2 Å². The Kier molecular flexibility index (Phi) is 3.76. The Morgan fingerprint density at radius 2 is 2.33 bits per heavy atom. The molecule has 52 valence electrons. The molecule has 0 aliphatic carbocycles. The SMILES string of the molecule is C/C=C/[C@H](C)CC(=O)O. The van der Waals surface area contributed by atoms with E-state index in [9.17, 15) is 4.79 Å². The Morgan fingerprint density at radius 3 is 2.67 bits per heavy atom. The van der Waals surface area contributed by atoms with Crippen LogP contribution >= 0.6 is 0 Å². The molecule has 0 bridgehead atoms. The molecule has 9 heavy (non-hydrogen) atoms. The lowest BCUT2D eigenvalue weighted by Crippen LogP contribution is -2.00. The highest BCUT2D eigenvalue weighted by Crippen LogP contribution is 2.02. The molecule has 0 aliphatic rings. The van der Waals surface area contributed by atoms with Crippen molar-refractivity contribution in [1.82, 2.24) is 0 Å². The van der Waals surface area contributed by atoms with E-state index in [0.717, 1.165) is 0 Å². The van der Waals surface area contributed by atoms with Gasteiger partial charge in [-0.05, 0) is 12.8 Å². The molecule has 0 unspecified atom stereocenters. The smallest absolute Gasteiger partial charge is 0.303 e. The van der Waals surface area contributed by atoms with Gasteiger partial charge >= 0.3 is 5.97 Å². The van der Waals surface area contributed by atoms with Crippen LogP contribution in [0, 0.1) is 5.92 Å². The van der Waals surface area contributed by atoms with Crippen molar-refractivity contribution in [2.75, 3.05) is 0 Å². The first-order valence-corrected chi connectivity index (χ1v) is 3.01. The van der Waals surface area contributed by atoms with Crippen molar-refractivity contribution in [2.24, 2.45) is 5.92 Å². The first-order valence-electron chi connectivity index (χ1n) is 3.01. The number of rotatable bonds is 3. The van der Waals surface area contributed by atoms with Gasteiger partial charge in [0.1, 0.15) is 0 Å². The summed E-state index contributed by atoms with van der Waals surface area (Å²) in [5.74, 6) is -0.576. The molecule has 0 saturated heterocycles. The lowest BCUT2D eigenvalue weighted by atomic mass is 10.1. The molecular weight excluding hydrogens is 116 g/mol. The Morgan fingerprint density at radius 1 is 1.78 bits per heavy atom. The number of aliphatic carboxylic acids is 1. The van der Waals surface area contributed by atoms with E-state index in [1.54, 1.807) is 0 Å². The van der Waals surface area contributed by atoms with Crippen molar-refractivity contribution in [1.29, 1.82) is 0 Å². The molecule has 0 aliphatic heterocycles. The summed E-state index contributed by atoms with van der Waals surface area (Å²) in [6.07, 6.45) is 3.98. The highest BCUT2D eigenvalue weighted by atomic mass is 16.4. The van der Waals surface area contributed by atoms with Gasteiger partial charge in [0, 0.05) is 0 Å². The molecule has 2 nitrogen and oxygen atoms in total. The van der Waals surface area contributed by atoms with Crippen molar-refractivity contribution >= 4 is 5.97 Å². The van der Waals surface area contributed by atoms with E-state index in [4.69, 9.17) is 5.11 Å². The molecule has 1 N–H and O–H groups in total. The molecule has 0 amide bonds. The van der Waals surface area contributed by atoms with Gasteiger partial charge in [-0.1, -0.05) is 19.1 Å². The molecule has 0 aromatic rings. The second-order valence-electron chi connectivity index (χ2n) is 2.10. The predicted molar refractivity (Wildman–Crippen MR) is 36.2 cm³/mol. The van der Waals surface area contributed by atoms with E-state index in [1.807, 2.05) is 26.0 Å². The van der Waals surface area contributed by atoms with Gasteiger partial charge in [0.2, 0.25) is 0 Å². The summed E-state index contributed by atoms with van der Waals surface area (Å²) in [5, 5.41) is 8.28. The van der Waals surface area contributed by atoms with Gasteiger partial charge in [0.05, 0.1) is 6.42 Å². The maximum Gasteiger partial charge on any atom is 0.303 e. The second-order valence-corrected chi connectivity index (χ2v) is 2.10. The topological polar surface area (TPSA) is 37.3 Å². The van der Waals surface area contributed by atoms with Crippen LogP contribution in [0.15, 0.2) is 12.2 Å². The van der Waals surface area contributed by atoms with Crippen LogP contribution in [-0.2, 0) is 4.79 Å². The zero-order chi connectivity index (χ0) is 7.28. The normalized spacial score (nSPS) is 14.0. The minimum Gasteiger partial charge on any atom is -0.481 e. The van der Waals surface area contributed by atoms with Gasteiger partial charge in [-0.3, -0.25) is 4.79 Å². The minimum atomic E-state index is -0.736. The molecule has 0 heterocycles. The average molecular weight is 128 g/mol. The maximum absolute atomic E-state index is 10.1. The molecule has 0 saturated carbocycles. The third-order valence-corrected chi connectivity index (χ3v) is 1.02. The van der Waals surface area contributed by atoms with Crippen LogP contribution in [0.1, 0.15) is 20.3 Å². The fourth-order valence-electron chi connectivity index (χ4n) is 0.672. The maximum atomic E-state index is 10.1. The van der Waals surface area contributed by atoms with E-state index in [2.05, 4.69) is 0 Å². The minimum absolute atomic E-state index is 0.160. The first-order chi connectivity index (χ1) is 4.16. The monoisotopic (exact) mass is 128 g/mol. The number of carboxylic acid groups (broad SMARTS) is 1. The summed E-state index contributed by atoms with van der Waals surface area (Å²) in [6, 6.07) is 0. The van der Waals surface area contributed by atoms with Crippen LogP contribution in [0.3, 0.4) is 0 Å². The van der Waals surface area contributed by atoms with Crippen molar-refractivity contribution in [3.8, 4) is 0 Å². The lowest BCUT2D eigenvalue weighted by Gasteiger charge is -1.98. The largest absolute Gasteiger partial charge is 0.481 e. The third-order valence-electron chi connectivity index (χ3n) is 1.02. The molecule has 0 radical (unpaired) electrons. The number of hydrogen-bond acceptors (Lipinski definition) is 1. The van der Waals surface area contributed by atoms with Crippen molar-refractivity contribution < 1.29 is 9.90 Å². The summed E-state index contributed by atoms with van der Waals surface area (Å²) in [4.78, 5) is 10.1. The van der Waals surface area contributed by atoms with Crippen LogP contribution in [0.2, 0.25) is 0 Å². The van der Waals surface area contributed by atoms with Crippen molar-refractivity contribution in [3.63, 3.8) is 0 Å². The standard InChI is InChI=1S/C7H12O2/c1-3-4-6(2)5-7(8)9/h3-4,6H,5H2,1-2H3,(H,8,9)/b4-3+/t6-/m0/s1. The quantitative estimate of drug-likeness (QED) is 0.587. The highest BCUT2D eigenvalue weighted by Gasteiger charge is 2.01. The van der Waals surface area contributed by atoms with Crippen LogP contribution < -0.4 is 0 Å². The lowest BCUT2D eigenvalue weighted by molar-refractivity contribution is -0.137. The zero-order valence-corrected chi connectivity index (χ0v) is 5.79. The molecule has 0 aromatic heterocycles.